The van der Waals surface area contributed by atoms with E-state index in [2.05, 4.69) is 11.0 Å². The summed E-state index contributed by atoms with van der Waals surface area (Å²) < 4.78 is 0. The highest BCUT2D eigenvalue weighted by Crippen LogP contribution is 2.22. The number of carbonyl (C=O) groups excluding carboxylic acids is 1. The lowest BCUT2D eigenvalue weighted by Crippen LogP contribution is -2.49. The minimum atomic E-state index is -0.253. The average Bonchev–Trinajstić information content (AvgIpc) is 2.64. The molecule has 3 rings (SSSR count). The Morgan fingerprint density at radius 1 is 1.00 bits per heavy atom. The van der Waals surface area contributed by atoms with Crippen LogP contribution in [0.4, 0.5) is 0 Å². The predicted octanol–water partition coefficient (Wildman–Crippen LogP) is 3.33. The molecular formula is C21H23N3O. The second-order valence-electron chi connectivity index (χ2n) is 6.64. The molecule has 2 aromatic carbocycles. The van der Waals surface area contributed by atoms with E-state index in [0.29, 0.717) is 26.2 Å². The van der Waals surface area contributed by atoms with E-state index < -0.39 is 0 Å². The van der Waals surface area contributed by atoms with Crippen molar-refractivity contribution in [3.63, 3.8) is 0 Å². The fourth-order valence-corrected chi connectivity index (χ4v) is 3.26. The highest BCUT2D eigenvalue weighted by molar-refractivity contribution is 5.94. The van der Waals surface area contributed by atoms with Crippen LogP contribution in [0.5, 0.6) is 0 Å². The van der Waals surface area contributed by atoms with Crippen LogP contribution in [0.15, 0.2) is 48.5 Å². The molecule has 4 heteroatoms. The molecular weight excluding hydrogens is 310 g/mol. The largest absolute Gasteiger partial charge is 0.336 e. The number of hydrogen-bond donors (Lipinski definition) is 0. The molecule has 4 nitrogen and oxygen atoms in total. The molecule has 1 atom stereocenters. The van der Waals surface area contributed by atoms with Crippen LogP contribution in [0.1, 0.15) is 33.1 Å². The van der Waals surface area contributed by atoms with E-state index in [0.717, 1.165) is 16.7 Å². The number of nitrogens with zero attached hydrogens (tertiary/aromatic N) is 3. The van der Waals surface area contributed by atoms with E-state index in [9.17, 15) is 10.1 Å². The Bertz CT molecular complexity index is 784. The van der Waals surface area contributed by atoms with Gasteiger partial charge in [0.15, 0.2) is 0 Å². The van der Waals surface area contributed by atoms with Crippen molar-refractivity contribution in [1.82, 2.24) is 9.80 Å². The van der Waals surface area contributed by atoms with E-state index in [1.807, 2.05) is 67.3 Å². The fourth-order valence-electron chi connectivity index (χ4n) is 3.26. The van der Waals surface area contributed by atoms with Crippen molar-refractivity contribution in [2.45, 2.75) is 19.9 Å². The van der Waals surface area contributed by atoms with Crippen molar-refractivity contribution in [3.8, 4) is 6.07 Å². The Balaban J connectivity index is 1.65. The molecule has 0 N–H and O–H groups in total. The van der Waals surface area contributed by atoms with Gasteiger partial charge in [-0.25, -0.2) is 0 Å². The second kappa shape index (κ2) is 7.50. The normalized spacial score (nSPS) is 16.3. The number of rotatable bonds is 3. The Morgan fingerprint density at radius 2 is 1.68 bits per heavy atom. The van der Waals surface area contributed by atoms with Gasteiger partial charge in [-0.15, -0.1) is 0 Å². The first-order valence-corrected chi connectivity index (χ1v) is 8.64. The third-order valence-corrected chi connectivity index (χ3v) is 4.75. The minimum absolute atomic E-state index is 0.0761. The Kier molecular flexibility index (Phi) is 5.16. The fraction of sp³-hybridized carbons (Fsp3) is 0.333. The maximum absolute atomic E-state index is 12.6. The quantitative estimate of drug-likeness (QED) is 0.865. The Morgan fingerprint density at radius 3 is 2.28 bits per heavy atom. The van der Waals surface area contributed by atoms with Gasteiger partial charge in [0.05, 0.1) is 6.07 Å². The van der Waals surface area contributed by atoms with Gasteiger partial charge in [-0.3, -0.25) is 9.69 Å². The van der Waals surface area contributed by atoms with Crippen LogP contribution in [-0.2, 0) is 0 Å². The zero-order valence-corrected chi connectivity index (χ0v) is 14.8. The molecule has 0 saturated carbocycles. The van der Waals surface area contributed by atoms with Crippen molar-refractivity contribution in [2.75, 3.05) is 26.2 Å². The Labute approximate surface area is 149 Å². The molecule has 2 aromatic rings. The van der Waals surface area contributed by atoms with Gasteiger partial charge in [0.1, 0.15) is 6.04 Å². The van der Waals surface area contributed by atoms with Gasteiger partial charge in [0, 0.05) is 31.7 Å². The van der Waals surface area contributed by atoms with Crippen LogP contribution in [0.2, 0.25) is 0 Å². The maximum Gasteiger partial charge on any atom is 0.253 e. The van der Waals surface area contributed by atoms with Gasteiger partial charge < -0.3 is 4.90 Å². The molecule has 0 spiro atoms. The summed E-state index contributed by atoms with van der Waals surface area (Å²) in [5.41, 5.74) is 4.04. The summed E-state index contributed by atoms with van der Waals surface area (Å²) in [6.45, 7) is 6.76. The molecule has 1 saturated heterocycles. The van der Waals surface area contributed by atoms with Gasteiger partial charge >= 0.3 is 0 Å². The molecule has 1 fully saturated rings. The summed E-state index contributed by atoms with van der Waals surface area (Å²) in [6, 6.07) is 18.0. The molecule has 1 amide bonds. The van der Waals surface area contributed by atoms with Crippen molar-refractivity contribution in [3.05, 3.63) is 70.8 Å². The van der Waals surface area contributed by atoms with Crippen LogP contribution < -0.4 is 0 Å². The minimum Gasteiger partial charge on any atom is -0.336 e. The average molecular weight is 333 g/mol. The summed E-state index contributed by atoms with van der Waals surface area (Å²) >= 11 is 0. The van der Waals surface area contributed by atoms with Crippen LogP contribution in [-0.4, -0.2) is 41.9 Å². The molecule has 0 radical (unpaired) electrons. The molecule has 1 aliphatic heterocycles. The molecule has 1 aliphatic rings. The zero-order valence-electron chi connectivity index (χ0n) is 14.8. The van der Waals surface area contributed by atoms with E-state index >= 15 is 0 Å². The number of carbonyl (C=O) groups is 1. The zero-order chi connectivity index (χ0) is 17.8. The standard InChI is InChI=1S/C21H23N3O/c1-16-6-8-18(9-7-16)20(15-22)23-10-12-24(13-11-23)21(25)19-5-3-4-17(2)14-19/h3-9,14,20H,10-13H2,1-2H3. The van der Waals surface area contributed by atoms with E-state index in [1.54, 1.807) is 0 Å². The third kappa shape index (κ3) is 3.89. The summed E-state index contributed by atoms with van der Waals surface area (Å²) in [6.07, 6.45) is 0. The van der Waals surface area contributed by atoms with Gasteiger partial charge in [0.2, 0.25) is 0 Å². The van der Waals surface area contributed by atoms with Gasteiger partial charge in [-0.2, -0.15) is 5.26 Å². The van der Waals surface area contributed by atoms with Crippen molar-refractivity contribution < 1.29 is 4.79 Å². The van der Waals surface area contributed by atoms with Crippen LogP contribution in [0.3, 0.4) is 0 Å². The Hall–Kier alpha value is -2.64. The molecule has 0 bridgehead atoms. The van der Waals surface area contributed by atoms with E-state index in [1.165, 1.54) is 5.56 Å². The monoisotopic (exact) mass is 333 g/mol. The topological polar surface area (TPSA) is 47.3 Å². The van der Waals surface area contributed by atoms with Crippen LogP contribution in [0, 0.1) is 25.2 Å². The first kappa shape index (κ1) is 17.2. The van der Waals surface area contributed by atoms with Crippen LogP contribution >= 0.6 is 0 Å². The van der Waals surface area contributed by atoms with Gasteiger partial charge in [0.25, 0.3) is 5.91 Å². The first-order valence-electron chi connectivity index (χ1n) is 8.64. The maximum atomic E-state index is 12.6. The van der Waals surface area contributed by atoms with Gasteiger partial charge in [-0.1, -0.05) is 47.5 Å². The van der Waals surface area contributed by atoms with E-state index in [-0.39, 0.29) is 11.9 Å². The first-order chi connectivity index (χ1) is 12.1. The summed E-state index contributed by atoms with van der Waals surface area (Å²) in [5.74, 6) is 0.0761. The summed E-state index contributed by atoms with van der Waals surface area (Å²) in [5, 5.41) is 9.61. The molecule has 1 unspecified atom stereocenters. The number of piperazine rings is 1. The lowest BCUT2D eigenvalue weighted by atomic mass is 10.0. The lowest BCUT2D eigenvalue weighted by Gasteiger charge is -2.37. The van der Waals surface area contributed by atoms with Crippen molar-refractivity contribution in [1.29, 1.82) is 5.26 Å². The molecule has 25 heavy (non-hydrogen) atoms. The SMILES string of the molecule is Cc1ccc(C(C#N)N2CCN(C(=O)c3cccc(C)c3)CC2)cc1. The van der Waals surface area contributed by atoms with Crippen molar-refractivity contribution >= 4 is 5.91 Å². The molecule has 128 valence electrons. The predicted molar refractivity (Wildman–Crippen MR) is 98.2 cm³/mol. The highest BCUT2D eigenvalue weighted by Gasteiger charge is 2.27. The van der Waals surface area contributed by atoms with Gasteiger partial charge in [-0.05, 0) is 31.5 Å². The molecule has 0 aliphatic carbocycles. The van der Waals surface area contributed by atoms with E-state index in [4.69, 9.17) is 0 Å². The summed E-state index contributed by atoms with van der Waals surface area (Å²) in [7, 11) is 0. The number of benzene rings is 2. The number of hydrogen-bond acceptors (Lipinski definition) is 3. The smallest absolute Gasteiger partial charge is 0.253 e. The molecule has 1 heterocycles. The van der Waals surface area contributed by atoms with Crippen molar-refractivity contribution in [2.24, 2.45) is 0 Å². The van der Waals surface area contributed by atoms with Crippen LogP contribution in [0.25, 0.3) is 0 Å². The summed E-state index contributed by atoms with van der Waals surface area (Å²) in [4.78, 5) is 16.7. The lowest BCUT2D eigenvalue weighted by molar-refractivity contribution is 0.0606. The number of amides is 1. The number of aryl methyl sites for hydroxylation is 2. The third-order valence-electron chi connectivity index (χ3n) is 4.75. The molecule has 0 aromatic heterocycles. The number of nitriles is 1. The second-order valence-corrected chi connectivity index (χ2v) is 6.64. The highest BCUT2D eigenvalue weighted by atomic mass is 16.2.